The molecule has 0 radical (unpaired) electrons. The van der Waals surface area contributed by atoms with Crippen LogP contribution in [0.1, 0.15) is 18.2 Å². The molecule has 0 spiro atoms. The number of benzene rings is 2. The van der Waals surface area contributed by atoms with Crippen LogP contribution in [0.5, 0.6) is 17.2 Å². The number of hydrogen-bond donors (Lipinski definition) is 0. The molecule has 2 heterocycles. The zero-order valence-corrected chi connectivity index (χ0v) is 16.9. The van der Waals surface area contributed by atoms with Gasteiger partial charge in [-0.15, -0.1) is 5.10 Å². The molecule has 0 saturated carbocycles. The summed E-state index contributed by atoms with van der Waals surface area (Å²) in [7, 11) is 0. The van der Waals surface area contributed by atoms with Gasteiger partial charge >= 0.3 is 5.97 Å². The number of carbonyl (C=O) groups excluding carboxylic acids is 1. The molecule has 31 heavy (non-hydrogen) atoms. The second kappa shape index (κ2) is 9.62. The zero-order chi connectivity index (χ0) is 21.5. The van der Waals surface area contributed by atoms with Crippen LogP contribution in [0.3, 0.4) is 0 Å². The molecule has 1 aliphatic rings. The summed E-state index contributed by atoms with van der Waals surface area (Å²) >= 11 is 0. The van der Waals surface area contributed by atoms with Gasteiger partial charge in [-0.05, 0) is 48.9 Å². The molecule has 1 aromatic heterocycles. The molecule has 8 nitrogen and oxygen atoms in total. The van der Waals surface area contributed by atoms with E-state index in [1.54, 1.807) is 23.0 Å². The lowest BCUT2D eigenvalue weighted by molar-refractivity contribution is -0.139. The van der Waals surface area contributed by atoms with Crippen molar-refractivity contribution < 1.29 is 23.7 Å². The van der Waals surface area contributed by atoms with E-state index in [-0.39, 0.29) is 13.4 Å². The largest absolute Gasteiger partial charge is 0.494 e. The lowest BCUT2D eigenvalue weighted by Crippen LogP contribution is -2.00. The van der Waals surface area contributed by atoms with Crippen LogP contribution in [0.25, 0.3) is 11.8 Å². The zero-order valence-electron chi connectivity index (χ0n) is 16.9. The molecule has 0 atom stereocenters. The van der Waals surface area contributed by atoms with Crippen molar-refractivity contribution in [3.05, 3.63) is 78.1 Å². The van der Waals surface area contributed by atoms with Crippen LogP contribution in [0.4, 0.5) is 0 Å². The summed E-state index contributed by atoms with van der Waals surface area (Å²) in [5.74, 6) is 1.77. The average molecular weight is 419 g/mol. The van der Waals surface area contributed by atoms with Crippen molar-refractivity contribution in [2.45, 2.75) is 13.5 Å². The third-order valence-electron chi connectivity index (χ3n) is 4.34. The molecular formula is C23H21N3O5. The topological polar surface area (TPSA) is 84.7 Å². The van der Waals surface area contributed by atoms with E-state index in [0.29, 0.717) is 18.1 Å². The molecule has 158 valence electrons. The Hall–Kier alpha value is -4.07. The van der Waals surface area contributed by atoms with Gasteiger partial charge in [0, 0.05) is 6.08 Å². The van der Waals surface area contributed by atoms with Gasteiger partial charge in [-0.25, -0.2) is 9.48 Å². The van der Waals surface area contributed by atoms with Crippen LogP contribution in [0.15, 0.2) is 66.9 Å². The molecule has 0 unspecified atom stereocenters. The van der Waals surface area contributed by atoms with Crippen molar-refractivity contribution in [3.8, 4) is 22.9 Å². The molecular weight excluding hydrogens is 398 g/mol. The highest BCUT2D eigenvalue weighted by atomic mass is 16.7. The van der Waals surface area contributed by atoms with Crippen LogP contribution in [-0.2, 0) is 16.1 Å². The van der Waals surface area contributed by atoms with Crippen LogP contribution in [0, 0.1) is 0 Å². The maximum Gasteiger partial charge on any atom is 0.331 e. The van der Waals surface area contributed by atoms with E-state index in [4.69, 9.17) is 18.9 Å². The van der Waals surface area contributed by atoms with Gasteiger partial charge in [-0.1, -0.05) is 29.5 Å². The highest BCUT2D eigenvalue weighted by Gasteiger charge is 2.12. The first-order valence-corrected chi connectivity index (χ1v) is 9.77. The Balaban J connectivity index is 1.26. The monoisotopic (exact) mass is 419 g/mol. The summed E-state index contributed by atoms with van der Waals surface area (Å²) in [6.07, 6.45) is 8.28. The number of fused-ring (bicyclic) bond motifs is 1. The second-order valence-electron chi connectivity index (χ2n) is 6.52. The fraction of sp³-hybridized carbons (Fsp3) is 0.174. The first-order chi connectivity index (χ1) is 15.2. The Morgan fingerprint density at radius 3 is 2.81 bits per heavy atom. The smallest absolute Gasteiger partial charge is 0.331 e. The van der Waals surface area contributed by atoms with E-state index in [1.807, 2.05) is 55.5 Å². The number of allylic oxidation sites excluding steroid dienone is 2. The molecule has 4 rings (SSSR count). The van der Waals surface area contributed by atoms with Crippen molar-refractivity contribution >= 4 is 12.0 Å². The van der Waals surface area contributed by atoms with Crippen LogP contribution in [-0.4, -0.2) is 34.4 Å². The summed E-state index contributed by atoms with van der Waals surface area (Å²) < 4.78 is 22.9. The maximum atomic E-state index is 11.9. The van der Waals surface area contributed by atoms with Gasteiger partial charge in [0.1, 0.15) is 18.1 Å². The highest BCUT2D eigenvalue weighted by molar-refractivity contribution is 5.82. The third-order valence-corrected chi connectivity index (χ3v) is 4.34. The van der Waals surface area contributed by atoms with Gasteiger partial charge in [0.25, 0.3) is 0 Å². The minimum Gasteiger partial charge on any atom is -0.494 e. The molecule has 8 heteroatoms. The number of hydrogen-bond acceptors (Lipinski definition) is 7. The Labute approximate surface area is 179 Å². The van der Waals surface area contributed by atoms with Crippen molar-refractivity contribution in [3.63, 3.8) is 0 Å². The van der Waals surface area contributed by atoms with Crippen molar-refractivity contribution in [2.24, 2.45) is 0 Å². The minimum atomic E-state index is -0.467. The van der Waals surface area contributed by atoms with Crippen molar-refractivity contribution in [1.82, 2.24) is 15.0 Å². The summed E-state index contributed by atoms with van der Waals surface area (Å²) in [6.45, 7) is 2.82. The normalized spacial score (nSPS) is 12.5. The molecule has 0 bridgehead atoms. The summed E-state index contributed by atoms with van der Waals surface area (Å²) in [4.78, 5) is 11.9. The molecule has 0 N–H and O–H groups in total. The second-order valence-corrected chi connectivity index (χ2v) is 6.52. The molecule has 3 aromatic rings. The molecule has 1 aliphatic heterocycles. The van der Waals surface area contributed by atoms with Crippen LogP contribution < -0.4 is 14.2 Å². The van der Waals surface area contributed by atoms with E-state index >= 15 is 0 Å². The molecule has 0 fully saturated rings. The third kappa shape index (κ3) is 5.30. The maximum absolute atomic E-state index is 11.9. The standard InChI is InChI=1S/C23H21N3O5/c1-2-28-20-10-8-19(9-11-20)26-14-18(24-25-26)15-29-23(27)6-4-3-5-17-7-12-21-22(13-17)31-16-30-21/h3-14H,2,15-16H2,1H3/b5-3+,6-4+. The first kappa shape index (κ1) is 20.2. The summed E-state index contributed by atoms with van der Waals surface area (Å²) in [6, 6.07) is 13.1. The van der Waals surface area contributed by atoms with Gasteiger partial charge in [0.2, 0.25) is 6.79 Å². The van der Waals surface area contributed by atoms with Gasteiger partial charge in [0.05, 0.1) is 18.5 Å². The Bertz CT molecular complexity index is 1100. The average Bonchev–Trinajstić information content (AvgIpc) is 3.45. The van der Waals surface area contributed by atoms with Gasteiger partial charge in [-0.2, -0.15) is 0 Å². The van der Waals surface area contributed by atoms with E-state index in [0.717, 1.165) is 22.7 Å². The van der Waals surface area contributed by atoms with E-state index in [1.165, 1.54) is 6.08 Å². The Morgan fingerprint density at radius 1 is 1.13 bits per heavy atom. The van der Waals surface area contributed by atoms with Crippen molar-refractivity contribution in [2.75, 3.05) is 13.4 Å². The van der Waals surface area contributed by atoms with Gasteiger partial charge in [0.15, 0.2) is 11.5 Å². The molecule has 0 aliphatic carbocycles. The molecule has 0 saturated heterocycles. The fourth-order valence-electron chi connectivity index (χ4n) is 2.86. The summed E-state index contributed by atoms with van der Waals surface area (Å²) in [5.41, 5.74) is 2.32. The SMILES string of the molecule is CCOc1ccc(-n2cc(COC(=O)/C=C/C=C/c3ccc4c(c3)OCO4)nn2)cc1. The lowest BCUT2D eigenvalue weighted by Gasteiger charge is -2.04. The quantitative estimate of drug-likeness (QED) is 0.313. The van der Waals surface area contributed by atoms with Crippen molar-refractivity contribution in [1.29, 1.82) is 0 Å². The van der Waals surface area contributed by atoms with E-state index in [2.05, 4.69) is 10.3 Å². The number of aromatic nitrogens is 3. The highest BCUT2D eigenvalue weighted by Crippen LogP contribution is 2.32. The molecule has 0 amide bonds. The Morgan fingerprint density at radius 2 is 1.97 bits per heavy atom. The van der Waals surface area contributed by atoms with E-state index < -0.39 is 5.97 Å². The number of nitrogens with zero attached hydrogens (tertiary/aromatic N) is 3. The minimum absolute atomic E-state index is 0.0338. The summed E-state index contributed by atoms with van der Waals surface area (Å²) in [5, 5.41) is 8.09. The number of rotatable bonds is 8. The number of esters is 1. The number of ether oxygens (including phenoxy) is 4. The van der Waals surface area contributed by atoms with Gasteiger partial charge in [-0.3, -0.25) is 0 Å². The lowest BCUT2D eigenvalue weighted by atomic mass is 10.2. The molecule has 2 aromatic carbocycles. The van der Waals surface area contributed by atoms with Gasteiger partial charge < -0.3 is 18.9 Å². The van der Waals surface area contributed by atoms with Crippen LogP contribution >= 0.6 is 0 Å². The fourth-order valence-corrected chi connectivity index (χ4v) is 2.86. The first-order valence-electron chi connectivity index (χ1n) is 9.77. The predicted molar refractivity (Wildman–Crippen MR) is 113 cm³/mol. The number of carbonyl (C=O) groups is 1. The Kier molecular flexibility index (Phi) is 6.27. The van der Waals surface area contributed by atoms with Crippen LogP contribution in [0.2, 0.25) is 0 Å². The van der Waals surface area contributed by atoms with E-state index in [9.17, 15) is 4.79 Å². The predicted octanol–water partition coefficient (Wildman–Crippen LogP) is 3.71.